The molecule has 1 amide bonds. The quantitative estimate of drug-likeness (QED) is 0.565. The van der Waals surface area contributed by atoms with Gasteiger partial charge in [0.1, 0.15) is 11.5 Å². The van der Waals surface area contributed by atoms with Gasteiger partial charge in [-0.1, -0.05) is 42.5 Å². The van der Waals surface area contributed by atoms with Crippen LogP contribution in [0.25, 0.3) is 21.4 Å². The number of furan rings is 1. The van der Waals surface area contributed by atoms with Crippen molar-refractivity contribution in [2.45, 2.75) is 6.54 Å². The minimum atomic E-state index is -0.0964. The largest absolute Gasteiger partial charge is 0.458 e. The molecule has 4 aromatic rings. The van der Waals surface area contributed by atoms with E-state index in [0.29, 0.717) is 12.1 Å². The van der Waals surface area contributed by atoms with Gasteiger partial charge in [0.2, 0.25) is 0 Å². The van der Waals surface area contributed by atoms with Crippen molar-refractivity contribution >= 4 is 28.0 Å². The second-order valence-electron chi connectivity index (χ2n) is 5.45. The standard InChI is InChI=1S/C20H15NO2S/c22-20(17-8-3-6-14-5-1-2-7-16(14)17)21-13-15-10-11-18(23-15)19-9-4-12-24-19/h1-12H,13H2,(H,21,22). The van der Waals surface area contributed by atoms with Crippen molar-refractivity contribution < 1.29 is 9.21 Å². The topological polar surface area (TPSA) is 42.2 Å². The monoisotopic (exact) mass is 333 g/mol. The molecule has 0 spiro atoms. The molecule has 0 fully saturated rings. The molecule has 0 atom stereocenters. The van der Waals surface area contributed by atoms with E-state index in [4.69, 9.17) is 4.42 Å². The summed E-state index contributed by atoms with van der Waals surface area (Å²) in [5.41, 5.74) is 0.679. The summed E-state index contributed by atoms with van der Waals surface area (Å²) in [6.45, 7) is 0.368. The first-order valence-corrected chi connectivity index (χ1v) is 8.58. The van der Waals surface area contributed by atoms with Gasteiger partial charge in [-0.3, -0.25) is 4.79 Å². The molecule has 4 rings (SSSR count). The van der Waals surface area contributed by atoms with Gasteiger partial charge in [0, 0.05) is 5.56 Å². The zero-order valence-corrected chi connectivity index (χ0v) is 13.7. The maximum Gasteiger partial charge on any atom is 0.252 e. The molecule has 1 N–H and O–H groups in total. The molecule has 0 saturated carbocycles. The van der Waals surface area contributed by atoms with E-state index in [2.05, 4.69) is 5.32 Å². The Balaban J connectivity index is 1.50. The van der Waals surface area contributed by atoms with Crippen LogP contribution in [0, 0.1) is 0 Å². The number of benzene rings is 2. The molecule has 0 radical (unpaired) electrons. The van der Waals surface area contributed by atoms with Crippen LogP contribution in [-0.2, 0) is 6.54 Å². The molecule has 4 heteroatoms. The summed E-state index contributed by atoms with van der Waals surface area (Å²) in [6.07, 6.45) is 0. The minimum absolute atomic E-state index is 0.0964. The number of nitrogens with one attached hydrogen (secondary N) is 1. The number of amides is 1. The summed E-state index contributed by atoms with van der Waals surface area (Å²) >= 11 is 1.63. The summed E-state index contributed by atoms with van der Waals surface area (Å²) in [4.78, 5) is 13.6. The number of carbonyl (C=O) groups is 1. The first-order chi connectivity index (χ1) is 11.8. The fourth-order valence-corrected chi connectivity index (χ4v) is 3.40. The van der Waals surface area contributed by atoms with E-state index < -0.39 is 0 Å². The molecule has 118 valence electrons. The molecular formula is C20H15NO2S. The number of thiophene rings is 1. The van der Waals surface area contributed by atoms with Crippen molar-refractivity contribution in [2.24, 2.45) is 0 Å². The van der Waals surface area contributed by atoms with E-state index >= 15 is 0 Å². The zero-order valence-electron chi connectivity index (χ0n) is 12.9. The molecule has 0 saturated heterocycles. The smallest absolute Gasteiger partial charge is 0.252 e. The Morgan fingerprint density at radius 2 is 1.83 bits per heavy atom. The molecule has 2 aromatic carbocycles. The number of rotatable bonds is 4. The van der Waals surface area contributed by atoms with Gasteiger partial charge >= 0.3 is 0 Å². The van der Waals surface area contributed by atoms with Gasteiger partial charge in [0.15, 0.2) is 0 Å². The maximum atomic E-state index is 12.5. The molecular weight excluding hydrogens is 318 g/mol. The molecule has 0 unspecified atom stereocenters. The summed E-state index contributed by atoms with van der Waals surface area (Å²) in [6, 6.07) is 21.5. The summed E-state index contributed by atoms with van der Waals surface area (Å²) < 4.78 is 5.80. The number of hydrogen-bond donors (Lipinski definition) is 1. The van der Waals surface area contributed by atoms with Crippen molar-refractivity contribution in [3.8, 4) is 10.6 Å². The zero-order chi connectivity index (χ0) is 16.4. The van der Waals surface area contributed by atoms with Gasteiger partial charge < -0.3 is 9.73 Å². The first-order valence-electron chi connectivity index (χ1n) is 7.70. The van der Waals surface area contributed by atoms with Crippen LogP contribution in [0.2, 0.25) is 0 Å². The van der Waals surface area contributed by atoms with E-state index in [0.717, 1.165) is 27.2 Å². The minimum Gasteiger partial charge on any atom is -0.458 e. The third kappa shape index (κ3) is 2.84. The summed E-state index contributed by atoms with van der Waals surface area (Å²) in [7, 11) is 0. The summed E-state index contributed by atoms with van der Waals surface area (Å²) in [5.74, 6) is 1.48. The van der Waals surface area contributed by atoms with Gasteiger partial charge in [-0.2, -0.15) is 0 Å². The van der Waals surface area contributed by atoms with Crippen LogP contribution in [0.15, 0.2) is 76.5 Å². The van der Waals surface area contributed by atoms with E-state index in [1.807, 2.05) is 72.1 Å². The highest BCUT2D eigenvalue weighted by molar-refractivity contribution is 7.13. The van der Waals surface area contributed by atoms with Crippen LogP contribution < -0.4 is 5.32 Å². The molecule has 2 aromatic heterocycles. The lowest BCUT2D eigenvalue weighted by atomic mass is 10.0. The van der Waals surface area contributed by atoms with Crippen LogP contribution in [0.5, 0.6) is 0 Å². The van der Waals surface area contributed by atoms with Crippen molar-refractivity contribution in [1.29, 1.82) is 0 Å². The van der Waals surface area contributed by atoms with Gasteiger partial charge in [-0.15, -0.1) is 11.3 Å². The highest BCUT2D eigenvalue weighted by Gasteiger charge is 2.11. The molecule has 0 bridgehead atoms. The fraction of sp³-hybridized carbons (Fsp3) is 0.0500. The average Bonchev–Trinajstić information content (AvgIpc) is 3.30. The van der Waals surface area contributed by atoms with Gasteiger partial charge in [-0.05, 0) is 40.4 Å². The second-order valence-corrected chi connectivity index (χ2v) is 6.40. The molecule has 0 aliphatic heterocycles. The van der Waals surface area contributed by atoms with E-state index in [-0.39, 0.29) is 5.91 Å². The Morgan fingerprint density at radius 3 is 2.71 bits per heavy atom. The number of carbonyl (C=O) groups excluding carboxylic acids is 1. The first kappa shape index (κ1) is 14.7. The Hall–Kier alpha value is -2.85. The molecule has 3 nitrogen and oxygen atoms in total. The predicted molar refractivity (Wildman–Crippen MR) is 97.1 cm³/mol. The number of hydrogen-bond acceptors (Lipinski definition) is 3. The lowest BCUT2D eigenvalue weighted by Crippen LogP contribution is -2.22. The van der Waals surface area contributed by atoms with Crippen molar-refractivity contribution in [1.82, 2.24) is 5.32 Å². The highest BCUT2D eigenvalue weighted by atomic mass is 32.1. The third-order valence-electron chi connectivity index (χ3n) is 3.88. The highest BCUT2D eigenvalue weighted by Crippen LogP contribution is 2.26. The normalized spacial score (nSPS) is 10.8. The Kier molecular flexibility index (Phi) is 3.89. The Morgan fingerprint density at radius 1 is 0.958 bits per heavy atom. The third-order valence-corrected chi connectivity index (χ3v) is 4.77. The molecule has 0 aliphatic rings. The van der Waals surface area contributed by atoms with Gasteiger partial charge in [0.25, 0.3) is 5.91 Å². The fourth-order valence-electron chi connectivity index (χ4n) is 2.71. The number of fused-ring (bicyclic) bond motifs is 1. The van der Waals surface area contributed by atoms with E-state index in [1.54, 1.807) is 11.3 Å². The molecule has 24 heavy (non-hydrogen) atoms. The second kappa shape index (κ2) is 6.34. The predicted octanol–water partition coefficient (Wildman–Crippen LogP) is 5.09. The van der Waals surface area contributed by atoms with Crippen LogP contribution in [0.1, 0.15) is 16.1 Å². The van der Waals surface area contributed by atoms with Crippen LogP contribution in [0.4, 0.5) is 0 Å². The van der Waals surface area contributed by atoms with Gasteiger partial charge in [0.05, 0.1) is 11.4 Å². The van der Waals surface area contributed by atoms with Crippen LogP contribution in [0.3, 0.4) is 0 Å². The van der Waals surface area contributed by atoms with Crippen LogP contribution in [-0.4, -0.2) is 5.91 Å². The van der Waals surface area contributed by atoms with Crippen LogP contribution >= 0.6 is 11.3 Å². The lowest BCUT2D eigenvalue weighted by Gasteiger charge is -2.07. The molecule has 2 heterocycles. The maximum absolute atomic E-state index is 12.5. The summed E-state index contributed by atoms with van der Waals surface area (Å²) in [5, 5.41) is 6.96. The average molecular weight is 333 g/mol. The Bertz CT molecular complexity index is 980. The van der Waals surface area contributed by atoms with Crippen molar-refractivity contribution in [2.75, 3.05) is 0 Å². The SMILES string of the molecule is O=C(NCc1ccc(-c2cccs2)o1)c1cccc2ccccc12. The molecule has 0 aliphatic carbocycles. The lowest BCUT2D eigenvalue weighted by molar-refractivity contribution is 0.0950. The van der Waals surface area contributed by atoms with E-state index in [1.165, 1.54) is 0 Å². The van der Waals surface area contributed by atoms with E-state index in [9.17, 15) is 4.79 Å². The Labute approximate surface area is 143 Å². The van der Waals surface area contributed by atoms with Crippen molar-refractivity contribution in [3.63, 3.8) is 0 Å². The van der Waals surface area contributed by atoms with Gasteiger partial charge in [-0.25, -0.2) is 0 Å². The van der Waals surface area contributed by atoms with Crippen molar-refractivity contribution in [3.05, 3.63) is 83.4 Å².